The minimum atomic E-state index is -0.460. The second kappa shape index (κ2) is 8.35. The van der Waals surface area contributed by atoms with E-state index in [0.29, 0.717) is 5.92 Å². The molecule has 0 saturated carbocycles. The second-order valence-electron chi connectivity index (χ2n) is 7.94. The first-order valence-electron chi connectivity index (χ1n) is 10.4. The quantitative estimate of drug-likeness (QED) is 0.532. The van der Waals surface area contributed by atoms with Crippen LogP contribution < -0.4 is 5.32 Å². The van der Waals surface area contributed by atoms with Gasteiger partial charge < -0.3 is 10.2 Å². The lowest BCUT2D eigenvalue weighted by molar-refractivity contribution is 0.218. The molecule has 1 aliphatic heterocycles. The Kier molecular flexibility index (Phi) is 5.25. The third kappa shape index (κ3) is 4.22. The Labute approximate surface area is 179 Å². The lowest BCUT2D eigenvalue weighted by Gasteiger charge is -2.28. The van der Waals surface area contributed by atoms with E-state index in [1.165, 1.54) is 31.2 Å². The van der Waals surface area contributed by atoms with Gasteiger partial charge in [-0.3, -0.25) is 0 Å². The molecule has 0 unspecified atom stereocenters. The van der Waals surface area contributed by atoms with Crippen LogP contribution in [0.25, 0.3) is 16.9 Å². The maximum absolute atomic E-state index is 13.8. The number of hydrogen-bond acceptors (Lipinski definition) is 7. The van der Waals surface area contributed by atoms with Crippen molar-refractivity contribution in [2.75, 3.05) is 25.5 Å². The molecule has 0 aliphatic carbocycles. The van der Waals surface area contributed by atoms with Crippen molar-refractivity contribution in [1.82, 2.24) is 34.4 Å². The number of fused-ring (bicyclic) bond motifs is 1. The van der Waals surface area contributed by atoms with Gasteiger partial charge in [0.1, 0.15) is 0 Å². The highest BCUT2D eigenvalue weighted by Crippen LogP contribution is 2.23. The van der Waals surface area contributed by atoms with Gasteiger partial charge in [-0.05, 0) is 69.6 Å². The Balaban J connectivity index is 1.36. The molecule has 0 spiro atoms. The van der Waals surface area contributed by atoms with Crippen LogP contribution in [0.15, 0.2) is 49.1 Å². The molecule has 0 radical (unpaired) electrons. The number of pyridine rings is 1. The van der Waals surface area contributed by atoms with Crippen molar-refractivity contribution >= 4 is 17.4 Å². The molecule has 9 heteroatoms. The number of anilines is 2. The number of imidazole rings is 1. The fourth-order valence-electron chi connectivity index (χ4n) is 3.89. The molecule has 0 atom stereocenters. The highest BCUT2D eigenvalue weighted by molar-refractivity contribution is 5.62. The lowest BCUT2D eigenvalue weighted by atomic mass is 9.92. The predicted octanol–water partition coefficient (Wildman–Crippen LogP) is 3.35. The number of aromatic nitrogens is 6. The number of halogens is 1. The maximum atomic E-state index is 13.8. The van der Waals surface area contributed by atoms with Crippen molar-refractivity contribution in [3.8, 4) is 11.3 Å². The first-order valence-corrected chi connectivity index (χ1v) is 10.4. The summed E-state index contributed by atoms with van der Waals surface area (Å²) in [4.78, 5) is 19.4. The SMILES string of the molecule is CN1CCC(Cc2ccc3ncc(-c4cnc(Nc5ncccc5F)nc4)n3n2)CC1. The first-order chi connectivity index (χ1) is 15.2. The Morgan fingerprint density at radius 2 is 1.84 bits per heavy atom. The largest absolute Gasteiger partial charge is 0.306 e. The molecule has 0 aromatic carbocycles. The van der Waals surface area contributed by atoms with Gasteiger partial charge in [0.15, 0.2) is 17.3 Å². The molecule has 1 aliphatic rings. The Hall–Kier alpha value is -3.46. The van der Waals surface area contributed by atoms with Crippen LogP contribution in [-0.2, 0) is 6.42 Å². The average molecular weight is 418 g/mol. The van der Waals surface area contributed by atoms with Crippen LogP contribution in [0.1, 0.15) is 18.5 Å². The average Bonchev–Trinajstić information content (AvgIpc) is 3.21. The molecule has 8 nitrogen and oxygen atoms in total. The summed E-state index contributed by atoms with van der Waals surface area (Å²) < 4.78 is 15.6. The topological polar surface area (TPSA) is 84.1 Å². The fourth-order valence-corrected chi connectivity index (χ4v) is 3.89. The van der Waals surface area contributed by atoms with Crippen LogP contribution >= 0.6 is 0 Å². The summed E-state index contributed by atoms with van der Waals surface area (Å²) in [5.74, 6) is 0.559. The summed E-state index contributed by atoms with van der Waals surface area (Å²) in [6.45, 7) is 2.28. The Morgan fingerprint density at radius 1 is 1.03 bits per heavy atom. The van der Waals surface area contributed by atoms with Gasteiger partial charge >= 0.3 is 0 Å². The van der Waals surface area contributed by atoms with E-state index in [-0.39, 0.29) is 11.8 Å². The van der Waals surface area contributed by atoms with Crippen LogP contribution in [0, 0.1) is 11.7 Å². The molecule has 1 N–H and O–H groups in total. The third-order valence-corrected chi connectivity index (χ3v) is 5.69. The molecular formula is C22H23FN8. The smallest absolute Gasteiger partial charge is 0.228 e. The molecule has 0 amide bonds. The van der Waals surface area contributed by atoms with Crippen LogP contribution in [0.2, 0.25) is 0 Å². The molecule has 4 aromatic rings. The van der Waals surface area contributed by atoms with Gasteiger partial charge in [-0.1, -0.05) is 0 Å². The first kappa shape index (κ1) is 19.5. The molecule has 1 saturated heterocycles. The minimum absolute atomic E-state index is 0.0882. The number of piperidine rings is 1. The lowest BCUT2D eigenvalue weighted by Crippen LogP contribution is -2.31. The monoisotopic (exact) mass is 418 g/mol. The standard InChI is InChI=1S/C22H23FN8/c1-30-9-6-15(7-10-30)11-17-4-5-20-25-14-19(31(20)29-17)16-12-26-22(27-13-16)28-21-18(23)3-2-8-24-21/h2-5,8,12-15H,6-7,9-11H2,1H3,(H,24,26,27,28). The maximum Gasteiger partial charge on any atom is 0.228 e. The van der Waals surface area contributed by atoms with Crippen molar-refractivity contribution in [1.29, 1.82) is 0 Å². The van der Waals surface area contributed by atoms with E-state index in [0.717, 1.165) is 42.1 Å². The van der Waals surface area contributed by atoms with Gasteiger partial charge in [-0.15, -0.1) is 0 Å². The van der Waals surface area contributed by atoms with Crippen LogP contribution in [0.4, 0.5) is 16.2 Å². The summed E-state index contributed by atoms with van der Waals surface area (Å²) in [5.41, 5.74) is 3.44. The number of hydrogen-bond donors (Lipinski definition) is 1. The minimum Gasteiger partial charge on any atom is -0.306 e. The summed E-state index contributed by atoms with van der Waals surface area (Å²) in [7, 11) is 2.17. The van der Waals surface area contributed by atoms with Crippen molar-refractivity contribution in [2.24, 2.45) is 5.92 Å². The van der Waals surface area contributed by atoms with Crippen LogP contribution in [-0.4, -0.2) is 54.6 Å². The van der Waals surface area contributed by atoms with E-state index in [1.807, 2.05) is 10.6 Å². The summed E-state index contributed by atoms with van der Waals surface area (Å²) in [6, 6.07) is 6.93. The van der Waals surface area contributed by atoms with E-state index in [2.05, 4.69) is 43.3 Å². The number of likely N-dealkylation sites (tertiary alicyclic amines) is 1. The molecule has 0 bridgehead atoms. The predicted molar refractivity (Wildman–Crippen MR) is 115 cm³/mol. The fraction of sp³-hybridized carbons (Fsp3) is 0.318. The van der Waals surface area contributed by atoms with E-state index < -0.39 is 5.82 Å². The summed E-state index contributed by atoms with van der Waals surface area (Å²) in [5, 5.41) is 7.63. The van der Waals surface area contributed by atoms with Crippen molar-refractivity contribution < 1.29 is 4.39 Å². The molecule has 1 fully saturated rings. The number of nitrogens with one attached hydrogen (secondary N) is 1. The number of nitrogens with zero attached hydrogens (tertiary/aromatic N) is 7. The third-order valence-electron chi connectivity index (χ3n) is 5.69. The highest BCUT2D eigenvalue weighted by Gasteiger charge is 2.18. The summed E-state index contributed by atoms with van der Waals surface area (Å²) >= 11 is 0. The Morgan fingerprint density at radius 3 is 2.61 bits per heavy atom. The van der Waals surface area contributed by atoms with E-state index in [1.54, 1.807) is 18.6 Å². The van der Waals surface area contributed by atoms with Crippen molar-refractivity contribution in [2.45, 2.75) is 19.3 Å². The van der Waals surface area contributed by atoms with Gasteiger partial charge in [0.2, 0.25) is 5.95 Å². The molecule has 31 heavy (non-hydrogen) atoms. The zero-order chi connectivity index (χ0) is 21.2. The molecule has 4 aromatic heterocycles. The normalized spacial score (nSPS) is 15.4. The van der Waals surface area contributed by atoms with Crippen molar-refractivity contribution in [3.05, 3.63) is 60.6 Å². The zero-order valence-electron chi connectivity index (χ0n) is 17.2. The van der Waals surface area contributed by atoms with E-state index in [9.17, 15) is 4.39 Å². The van der Waals surface area contributed by atoms with E-state index in [4.69, 9.17) is 5.10 Å². The second-order valence-corrected chi connectivity index (χ2v) is 7.94. The van der Waals surface area contributed by atoms with Crippen LogP contribution in [0.5, 0.6) is 0 Å². The molecule has 158 valence electrons. The van der Waals surface area contributed by atoms with E-state index >= 15 is 0 Å². The van der Waals surface area contributed by atoms with Gasteiger partial charge in [-0.25, -0.2) is 28.8 Å². The highest BCUT2D eigenvalue weighted by atomic mass is 19.1. The van der Waals surface area contributed by atoms with Gasteiger partial charge in [0.25, 0.3) is 0 Å². The number of rotatable bonds is 5. The van der Waals surface area contributed by atoms with Gasteiger partial charge in [-0.2, -0.15) is 5.10 Å². The Bertz CT molecular complexity index is 1180. The van der Waals surface area contributed by atoms with Gasteiger partial charge in [0, 0.05) is 24.2 Å². The zero-order valence-corrected chi connectivity index (χ0v) is 17.2. The molecule has 5 heterocycles. The van der Waals surface area contributed by atoms with Gasteiger partial charge in [0.05, 0.1) is 17.6 Å². The molecular weight excluding hydrogens is 395 g/mol. The van der Waals surface area contributed by atoms with Crippen LogP contribution in [0.3, 0.4) is 0 Å². The molecule has 5 rings (SSSR count). The summed E-state index contributed by atoms with van der Waals surface area (Å²) in [6.07, 6.45) is 9.99. The van der Waals surface area contributed by atoms with Crippen molar-refractivity contribution in [3.63, 3.8) is 0 Å².